The lowest BCUT2D eigenvalue weighted by molar-refractivity contribution is 0.141. The molecule has 1 fully saturated rings. The lowest BCUT2D eigenvalue weighted by Gasteiger charge is -2.37. The predicted octanol–water partition coefficient (Wildman–Crippen LogP) is 3.19. The van der Waals surface area contributed by atoms with E-state index in [0.29, 0.717) is 42.8 Å². The van der Waals surface area contributed by atoms with Crippen LogP contribution in [0.3, 0.4) is 0 Å². The molecule has 0 amide bonds. The van der Waals surface area contributed by atoms with Gasteiger partial charge >= 0.3 is 0 Å². The average Bonchev–Trinajstić information content (AvgIpc) is 2.78. The number of aryl methyl sites for hydroxylation is 3. The fraction of sp³-hybridized carbons (Fsp3) is 0.375. The highest BCUT2D eigenvalue weighted by molar-refractivity contribution is 7.89. The third kappa shape index (κ3) is 5.03. The minimum Gasteiger partial charge on any atom is -0.368 e. The van der Waals surface area contributed by atoms with Crippen LogP contribution < -0.4 is 11.1 Å². The second-order valence-corrected chi connectivity index (χ2v) is 10.6. The molecule has 1 aliphatic rings. The van der Waals surface area contributed by atoms with Gasteiger partial charge in [0.1, 0.15) is 0 Å². The number of nitrogens with zero attached hydrogens (tertiary/aromatic N) is 5. The van der Waals surface area contributed by atoms with Crippen LogP contribution in [0.2, 0.25) is 0 Å². The van der Waals surface area contributed by atoms with Crippen molar-refractivity contribution in [1.29, 1.82) is 0 Å². The van der Waals surface area contributed by atoms with Gasteiger partial charge in [-0.25, -0.2) is 8.42 Å². The first-order valence-corrected chi connectivity index (χ1v) is 12.7. The summed E-state index contributed by atoms with van der Waals surface area (Å²) in [7, 11) is -3.57. The molecule has 0 aliphatic carbocycles. The molecule has 2 heterocycles. The van der Waals surface area contributed by atoms with Crippen LogP contribution in [0.25, 0.3) is 0 Å². The van der Waals surface area contributed by atoms with E-state index in [1.165, 1.54) is 0 Å². The molecule has 0 bridgehead atoms. The predicted molar refractivity (Wildman–Crippen MR) is 133 cm³/mol. The quantitative estimate of drug-likeness (QED) is 0.551. The summed E-state index contributed by atoms with van der Waals surface area (Å²) in [6, 6.07) is 13.3. The van der Waals surface area contributed by atoms with Crippen LogP contribution in [0.5, 0.6) is 0 Å². The molecule has 0 radical (unpaired) electrons. The topological polar surface area (TPSA) is 117 Å². The fourth-order valence-electron chi connectivity index (χ4n) is 4.50. The summed E-state index contributed by atoms with van der Waals surface area (Å²) in [6.45, 7) is 9.62. The zero-order valence-corrected chi connectivity index (χ0v) is 20.8. The molecule has 1 atom stereocenters. The summed E-state index contributed by atoms with van der Waals surface area (Å²) in [5, 5.41) is 3.15. The lowest BCUT2D eigenvalue weighted by atomic mass is 10.1. The number of nitrogens with two attached hydrogens (primary N) is 1. The second-order valence-electron chi connectivity index (χ2n) is 8.71. The van der Waals surface area contributed by atoms with E-state index >= 15 is 0 Å². The van der Waals surface area contributed by atoms with Crippen LogP contribution in [0, 0.1) is 20.8 Å². The summed E-state index contributed by atoms with van der Waals surface area (Å²) in [5.41, 5.74) is 9.44. The van der Waals surface area contributed by atoms with Gasteiger partial charge in [-0.3, -0.25) is 4.90 Å². The van der Waals surface area contributed by atoms with Gasteiger partial charge in [-0.05, 0) is 51.0 Å². The average molecular weight is 482 g/mol. The third-order valence-electron chi connectivity index (χ3n) is 6.10. The standard InChI is InChI=1S/C24H31N7O2S/c1-16-14-17(2)21(18(3)15-16)34(32,33)31-12-10-30(11-13-31)19(4)22-27-23(25)29-24(28-22)26-20-8-6-5-7-9-20/h5-9,14-15,19H,10-13H2,1-4H3,(H3,25,26,27,28,29)/t19-/m0/s1. The third-order valence-corrected chi connectivity index (χ3v) is 8.30. The maximum absolute atomic E-state index is 13.4. The van der Waals surface area contributed by atoms with Crippen LogP contribution >= 0.6 is 0 Å². The van der Waals surface area contributed by atoms with Crippen LogP contribution in [0.1, 0.15) is 35.5 Å². The Morgan fingerprint density at radius 3 is 2.18 bits per heavy atom. The molecule has 3 N–H and O–H groups in total. The summed E-state index contributed by atoms with van der Waals surface area (Å²) < 4.78 is 28.4. The Balaban J connectivity index is 1.47. The number of hydrogen-bond acceptors (Lipinski definition) is 8. The first-order chi connectivity index (χ1) is 16.1. The van der Waals surface area contributed by atoms with Gasteiger partial charge in [0.2, 0.25) is 21.9 Å². The van der Waals surface area contributed by atoms with Crippen molar-refractivity contribution in [2.24, 2.45) is 0 Å². The Kier molecular flexibility index (Phi) is 6.83. The number of sulfonamides is 1. The zero-order valence-electron chi connectivity index (χ0n) is 20.0. The Morgan fingerprint density at radius 2 is 1.56 bits per heavy atom. The van der Waals surface area contributed by atoms with Gasteiger partial charge in [0.15, 0.2) is 5.82 Å². The highest BCUT2D eigenvalue weighted by Gasteiger charge is 2.33. The van der Waals surface area contributed by atoms with E-state index in [1.807, 2.05) is 70.2 Å². The maximum Gasteiger partial charge on any atom is 0.243 e. The van der Waals surface area contributed by atoms with Crippen LogP contribution in [0.15, 0.2) is 47.4 Å². The Bertz CT molecular complexity index is 1250. The number of aromatic nitrogens is 3. The maximum atomic E-state index is 13.4. The van der Waals surface area contributed by atoms with Crippen LogP contribution in [0.4, 0.5) is 17.6 Å². The van der Waals surface area contributed by atoms with E-state index in [2.05, 4.69) is 25.2 Å². The number of benzene rings is 2. The number of nitrogens with one attached hydrogen (secondary N) is 1. The molecule has 0 unspecified atom stereocenters. The monoisotopic (exact) mass is 481 g/mol. The first-order valence-electron chi connectivity index (χ1n) is 11.3. The van der Waals surface area contributed by atoms with Crippen molar-refractivity contribution in [3.8, 4) is 0 Å². The number of para-hydroxylation sites is 1. The van der Waals surface area contributed by atoms with E-state index in [1.54, 1.807) is 4.31 Å². The smallest absolute Gasteiger partial charge is 0.243 e. The number of hydrogen-bond donors (Lipinski definition) is 2. The van der Waals surface area contributed by atoms with Crippen LogP contribution in [-0.4, -0.2) is 58.8 Å². The number of nitrogen functional groups attached to an aromatic ring is 1. The lowest BCUT2D eigenvalue weighted by Crippen LogP contribution is -2.49. The molecule has 10 heteroatoms. The number of rotatable bonds is 6. The molecule has 4 rings (SSSR count). The van der Waals surface area contributed by atoms with E-state index in [0.717, 1.165) is 22.4 Å². The van der Waals surface area contributed by atoms with Gasteiger partial charge in [0, 0.05) is 31.9 Å². The van der Waals surface area contributed by atoms with Crippen molar-refractivity contribution in [2.75, 3.05) is 37.2 Å². The SMILES string of the molecule is Cc1cc(C)c(S(=O)(=O)N2CCN([C@@H](C)c3nc(N)nc(Nc4ccccc4)n3)CC2)c(C)c1. The molecule has 9 nitrogen and oxygen atoms in total. The van der Waals surface area contributed by atoms with E-state index in [4.69, 9.17) is 5.73 Å². The van der Waals surface area contributed by atoms with E-state index in [9.17, 15) is 8.42 Å². The normalized spacial score (nSPS) is 16.4. The summed E-state index contributed by atoms with van der Waals surface area (Å²) in [4.78, 5) is 15.7. The molecule has 2 aromatic carbocycles. The minimum atomic E-state index is -3.57. The zero-order chi connectivity index (χ0) is 24.5. The summed E-state index contributed by atoms with van der Waals surface area (Å²) >= 11 is 0. The van der Waals surface area contributed by atoms with Gasteiger partial charge in [-0.2, -0.15) is 19.3 Å². The second kappa shape index (κ2) is 9.65. The highest BCUT2D eigenvalue weighted by Crippen LogP contribution is 2.28. The molecule has 1 aromatic heterocycles. The van der Waals surface area contributed by atoms with E-state index in [-0.39, 0.29) is 12.0 Å². The van der Waals surface area contributed by atoms with Gasteiger partial charge in [0.25, 0.3) is 0 Å². The molecule has 34 heavy (non-hydrogen) atoms. The van der Waals surface area contributed by atoms with Crippen LogP contribution in [-0.2, 0) is 10.0 Å². The molecular weight excluding hydrogens is 450 g/mol. The number of piperazine rings is 1. The fourth-order valence-corrected chi connectivity index (χ4v) is 6.33. The Labute approximate surface area is 201 Å². The largest absolute Gasteiger partial charge is 0.368 e. The van der Waals surface area contributed by atoms with Crippen molar-refractivity contribution in [3.05, 3.63) is 65.0 Å². The van der Waals surface area contributed by atoms with Crippen molar-refractivity contribution in [3.63, 3.8) is 0 Å². The molecule has 0 spiro atoms. The van der Waals surface area contributed by atoms with Crippen molar-refractivity contribution < 1.29 is 8.42 Å². The summed E-state index contributed by atoms with van der Waals surface area (Å²) in [6.07, 6.45) is 0. The van der Waals surface area contributed by atoms with E-state index < -0.39 is 10.0 Å². The van der Waals surface area contributed by atoms with Gasteiger partial charge < -0.3 is 11.1 Å². The highest BCUT2D eigenvalue weighted by atomic mass is 32.2. The molecule has 0 saturated carbocycles. The molecule has 180 valence electrons. The molecule has 3 aromatic rings. The molecular formula is C24H31N7O2S. The van der Waals surface area contributed by atoms with Crippen molar-refractivity contribution >= 4 is 27.6 Å². The van der Waals surface area contributed by atoms with Crippen molar-refractivity contribution in [1.82, 2.24) is 24.2 Å². The summed E-state index contributed by atoms with van der Waals surface area (Å²) in [5.74, 6) is 1.07. The Morgan fingerprint density at radius 1 is 0.941 bits per heavy atom. The first kappa shape index (κ1) is 24.1. The van der Waals surface area contributed by atoms with Gasteiger partial charge in [0.05, 0.1) is 10.9 Å². The minimum absolute atomic E-state index is 0.141. The molecule has 1 saturated heterocycles. The molecule has 1 aliphatic heterocycles. The van der Waals surface area contributed by atoms with Crippen molar-refractivity contribution in [2.45, 2.75) is 38.6 Å². The Hall–Kier alpha value is -3.08. The van der Waals surface area contributed by atoms with Gasteiger partial charge in [-0.1, -0.05) is 35.9 Å². The van der Waals surface area contributed by atoms with Gasteiger partial charge in [-0.15, -0.1) is 0 Å². The number of anilines is 3.